The second kappa shape index (κ2) is 6.64. The van der Waals surface area contributed by atoms with Gasteiger partial charge in [-0.2, -0.15) is 8.75 Å². The summed E-state index contributed by atoms with van der Waals surface area (Å²) < 4.78 is 8.42. The lowest BCUT2D eigenvalue weighted by Gasteiger charge is -2.32. The van der Waals surface area contributed by atoms with Gasteiger partial charge in [-0.1, -0.05) is 12.1 Å². The zero-order chi connectivity index (χ0) is 19.3. The summed E-state index contributed by atoms with van der Waals surface area (Å²) in [5, 5.41) is 4.84. The third-order valence-electron chi connectivity index (χ3n) is 5.13. The minimum absolute atomic E-state index is 0.139. The Morgan fingerprint density at radius 2 is 2.07 bits per heavy atom. The van der Waals surface area contributed by atoms with Crippen molar-refractivity contribution in [2.75, 3.05) is 11.4 Å². The Hall–Kier alpha value is -2.85. The van der Waals surface area contributed by atoms with Gasteiger partial charge >= 0.3 is 6.03 Å². The van der Waals surface area contributed by atoms with E-state index in [0.717, 1.165) is 11.7 Å². The number of carbonyl (C=O) groups excluding carboxylic acids is 3. The van der Waals surface area contributed by atoms with E-state index >= 15 is 0 Å². The molecule has 0 bridgehead atoms. The number of hydrogen-bond acceptors (Lipinski definition) is 7. The predicted octanol–water partition coefficient (Wildman–Crippen LogP) is 2.48. The number of fused-ring (bicyclic) bond motifs is 2. The van der Waals surface area contributed by atoms with Gasteiger partial charge in [-0.05, 0) is 36.4 Å². The molecule has 1 N–H and O–H groups in total. The van der Waals surface area contributed by atoms with E-state index in [4.69, 9.17) is 0 Å². The number of nitrogens with one attached hydrogen (secondary N) is 1. The Morgan fingerprint density at radius 1 is 1.18 bits per heavy atom. The van der Waals surface area contributed by atoms with E-state index in [1.165, 1.54) is 16.2 Å². The van der Waals surface area contributed by atoms with Crippen molar-refractivity contribution in [3.63, 3.8) is 0 Å². The molecule has 28 heavy (non-hydrogen) atoms. The molecule has 2 fully saturated rings. The third-order valence-corrected chi connectivity index (χ3v) is 6.54. The van der Waals surface area contributed by atoms with Gasteiger partial charge in [-0.3, -0.25) is 9.59 Å². The van der Waals surface area contributed by atoms with Gasteiger partial charge in [0, 0.05) is 12.6 Å². The van der Waals surface area contributed by atoms with Crippen molar-refractivity contribution in [2.24, 2.45) is 0 Å². The summed E-state index contributed by atoms with van der Waals surface area (Å²) in [6.45, 7) is 0.423. The SMILES string of the molecule is O=C(N[C@H]1CCN2C(=O)N(c3cccc4nsnc34)C(=O)[C@@H]2C1)c1cccs1. The van der Waals surface area contributed by atoms with Crippen molar-refractivity contribution in [1.82, 2.24) is 19.0 Å². The number of imide groups is 1. The van der Waals surface area contributed by atoms with Gasteiger partial charge in [0.05, 0.1) is 22.3 Å². The van der Waals surface area contributed by atoms with Crippen LogP contribution >= 0.6 is 23.1 Å². The molecule has 2 atom stereocenters. The third kappa shape index (κ3) is 2.68. The van der Waals surface area contributed by atoms with Crippen molar-refractivity contribution in [1.29, 1.82) is 0 Å². The molecule has 0 radical (unpaired) electrons. The molecule has 0 aliphatic carbocycles. The lowest BCUT2D eigenvalue weighted by atomic mass is 9.98. The molecular weight excluding hydrogens is 398 g/mol. The van der Waals surface area contributed by atoms with Crippen LogP contribution in [0, 0.1) is 0 Å². The van der Waals surface area contributed by atoms with Crippen LogP contribution in [-0.4, -0.2) is 50.1 Å². The van der Waals surface area contributed by atoms with E-state index < -0.39 is 6.04 Å². The summed E-state index contributed by atoms with van der Waals surface area (Å²) in [5.41, 5.74) is 1.68. The summed E-state index contributed by atoms with van der Waals surface area (Å²) in [4.78, 5) is 41.8. The molecule has 10 heteroatoms. The number of thiophene rings is 1. The van der Waals surface area contributed by atoms with E-state index in [9.17, 15) is 14.4 Å². The fourth-order valence-electron chi connectivity index (χ4n) is 3.79. The molecule has 2 saturated heterocycles. The number of amides is 4. The van der Waals surface area contributed by atoms with Crippen molar-refractivity contribution in [3.05, 3.63) is 40.6 Å². The molecule has 4 heterocycles. The van der Waals surface area contributed by atoms with Crippen LogP contribution in [0.1, 0.15) is 22.5 Å². The van der Waals surface area contributed by atoms with Crippen LogP contribution in [0.15, 0.2) is 35.7 Å². The van der Waals surface area contributed by atoms with Gasteiger partial charge in [0.2, 0.25) is 0 Å². The quantitative estimate of drug-likeness (QED) is 0.666. The minimum Gasteiger partial charge on any atom is -0.348 e. The number of piperidine rings is 1. The van der Waals surface area contributed by atoms with Gasteiger partial charge < -0.3 is 10.2 Å². The summed E-state index contributed by atoms with van der Waals surface area (Å²) in [6, 6.07) is 7.82. The van der Waals surface area contributed by atoms with Crippen molar-refractivity contribution < 1.29 is 14.4 Å². The standard InChI is InChI=1S/C18H15N5O3S2/c24-16(14-5-2-8-27-14)19-10-6-7-22-13(9-10)17(25)23(18(22)26)12-4-1-3-11-15(12)21-28-20-11/h1-5,8,10,13H,6-7,9H2,(H,19,24)/t10-,13-/m0/s1. The van der Waals surface area contributed by atoms with Crippen molar-refractivity contribution in [2.45, 2.75) is 24.9 Å². The summed E-state index contributed by atoms with van der Waals surface area (Å²) in [5.74, 6) is -0.416. The van der Waals surface area contributed by atoms with E-state index in [0.29, 0.717) is 41.0 Å². The van der Waals surface area contributed by atoms with E-state index in [2.05, 4.69) is 14.1 Å². The Morgan fingerprint density at radius 3 is 2.89 bits per heavy atom. The highest BCUT2D eigenvalue weighted by Gasteiger charge is 2.49. The zero-order valence-electron chi connectivity index (χ0n) is 14.6. The molecule has 2 aliphatic heterocycles. The maximum Gasteiger partial charge on any atom is 0.332 e. The molecule has 5 rings (SSSR count). The second-order valence-electron chi connectivity index (χ2n) is 6.75. The Labute approximate surface area is 168 Å². The number of urea groups is 1. The molecule has 0 saturated carbocycles. The second-order valence-corrected chi connectivity index (χ2v) is 8.22. The Kier molecular flexibility index (Phi) is 4.09. The highest BCUT2D eigenvalue weighted by atomic mass is 32.1. The van der Waals surface area contributed by atoms with Crippen LogP contribution in [0.2, 0.25) is 0 Å². The number of rotatable bonds is 3. The number of benzene rings is 1. The molecule has 8 nitrogen and oxygen atoms in total. The van der Waals surface area contributed by atoms with Crippen LogP contribution in [0.4, 0.5) is 10.5 Å². The molecule has 2 aliphatic rings. The number of aromatic nitrogens is 2. The van der Waals surface area contributed by atoms with Crippen molar-refractivity contribution >= 4 is 57.6 Å². The van der Waals surface area contributed by atoms with E-state index in [-0.39, 0.29) is 23.9 Å². The average Bonchev–Trinajstić information content (AvgIpc) is 3.43. The van der Waals surface area contributed by atoms with Gasteiger partial charge in [0.15, 0.2) is 0 Å². The van der Waals surface area contributed by atoms with Crippen LogP contribution in [-0.2, 0) is 4.79 Å². The largest absolute Gasteiger partial charge is 0.348 e. The normalized spacial score (nSPS) is 22.0. The number of hydrogen-bond donors (Lipinski definition) is 1. The highest BCUT2D eigenvalue weighted by Crippen LogP contribution is 2.34. The first-order valence-corrected chi connectivity index (χ1v) is 10.4. The smallest absolute Gasteiger partial charge is 0.332 e. The maximum atomic E-state index is 13.1. The minimum atomic E-state index is -0.572. The van der Waals surface area contributed by atoms with Gasteiger partial charge in [0.25, 0.3) is 11.8 Å². The average molecular weight is 413 g/mol. The number of carbonyl (C=O) groups is 3. The number of nitrogens with zero attached hydrogens (tertiary/aromatic N) is 4. The van der Waals surface area contributed by atoms with Gasteiger partial charge in [-0.15, -0.1) is 11.3 Å². The monoisotopic (exact) mass is 413 g/mol. The van der Waals surface area contributed by atoms with Gasteiger partial charge in [0.1, 0.15) is 17.1 Å². The van der Waals surface area contributed by atoms with Crippen LogP contribution in [0.5, 0.6) is 0 Å². The maximum absolute atomic E-state index is 13.1. The van der Waals surface area contributed by atoms with Crippen LogP contribution in [0.25, 0.3) is 11.0 Å². The summed E-state index contributed by atoms with van der Waals surface area (Å²) in [7, 11) is 0. The molecule has 142 valence electrons. The first-order chi connectivity index (χ1) is 13.6. The topological polar surface area (TPSA) is 95.5 Å². The summed E-state index contributed by atoms with van der Waals surface area (Å²) in [6.07, 6.45) is 1.02. The molecule has 0 spiro atoms. The lowest BCUT2D eigenvalue weighted by Crippen LogP contribution is -2.49. The fourth-order valence-corrected chi connectivity index (χ4v) is 4.96. The fraction of sp³-hybridized carbons (Fsp3) is 0.278. The predicted molar refractivity (Wildman–Crippen MR) is 106 cm³/mol. The first-order valence-electron chi connectivity index (χ1n) is 8.83. The Balaban J connectivity index is 1.38. The summed E-state index contributed by atoms with van der Waals surface area (Å²) >= 11 is 2.43. The van der Waals surface area contributed by atoms with E-state index in [1.807, 2.05) is 11.4 Å². The van der Waals surface area contributed by atoms with Crippen LogP contribution < -0.4 is 10.2 Å². The molecule has 2 aromatic heterocycles. The van der Waals surface area contributed by atoms with E-state index in [1.54, 1.807) is 29.2 Å². The zero-order valence-corrected chi connectivity index (χ0v) is 16.2. The molecule has 3 aromatic rings. The molecule has 0 unspecified atom stereocenters. The highest BCUT2D eigenvalue weighted by molar-refractivity contribution is 7.12. The molecule has 1 aromatic carbocycles. The first kappa shape index (κ1) is 17.3. The van der Waals surface area contributed by atoms with Crippen LogP contribution in [0.3, 0.4) is 0 Å². The molecule has 4 amide bonds. The lowest BCUT2D eigenvalue weighted by molar-refractivity contribution is -0.120. The Bertz CT molecular complexity index is 1080. The molecular formula is C18H15N5O3S2. The number of anilines is 1. The van der Waals surface area contributed by atoms with Crippen molar-refractivity contribution in [3.8, 4) is 0 Å². The van der Waals surface area contributed by atoms with Gasteiger partial charge in [-0.25, -0.2) is 9.69 Å².